The van der Waals surface area contributed by atoms with Crippen LogP contribution in [0.25, 0.3) is 0 Å². The number of rotatable bonds is 1. The average Bonchev–Trinajstić information content (AvgIpc) is 2.43. The predicted molar refractivity (Wildman–Crippen MR) is 40.3 cm³/mol. The summed E-state index contributed by atoms with van der Waals surface area (Å²) in [5.74, 6) is 0. The first kappa shape index (κ1) is 14.1. The molecule has 0 amide bonds. The van der Waals surface area contributed by atoms with Crippen molar-refractivity contribution in [1.82, 2.24) is 0 Å². The largest absolute Gasteiger partial charge is 1.00 e. The minimum Gasteiger partial charge on any atom is -0.381 e. The van der Waals surface area contributed by atoms with Gasteiger partial charge in [0.25, 0.3) is 0 Å². The van der Waals surface area contributed by atoms with Crippen LogP contribution in [-0.2, 0) is 4.74 Å². The first-order chi connectivity index (χ1) is 4.41. The van der Waals surface area contributed by atoms with E-state index in [1.807, 2.05) is 0 Å². The van der Waals surface area contributed by atoms with Gasteiger partial charge < -0.3 is 11.7 Å². The SMILES string of the molecule is C1CCOC1.[CH2-]CCC.[K+]. The zero-order valence-electron chi connectivity index (χ0n) is 7.36. The molecule has 0 radical (unpaired) electrons. The Hall–Kier alpha value is 1.60. The molecular formula is C8H17KO. The third kappa shape index (κ3) is 12.3. The molecular weight excluding hydrogens is 151 g/mol. The van der Waals surface area contributed by atoms with Crippen LogP contribution in [0.5, 0.6) is 0 Å². The minimum atomic E-state index is 0. The van der Waals surface area contributed by atoms with Gasteiger partial charge in [0, 0.05) is 13.2 Å². The van der Waals surface area contributed by atoms with Crippen LogP contribution in [0, 0.1) is 6.92 Å². The normalized spacial score (nSPS) is 15.0. The van der Waals surface area contributed by atoms with Crippen molar-refractivity contribution in [2.75, 3.05) is 13.2 Å². The maximum atomic E-state index is 4.94. The molecule has 1 fully saturated rings. The van der Waals surface area contributed by atoms with Crippen LogP contribution in [0.3, 0.4) is 0 Å². The van der Waals surface area contributed by atoms with Gasteiger partial charge in [-0.25, -0.2) is 0 Å². The van der Waals surface area contributed by atoms with Crippen molar-refractivity contribution in [3.8, 4) is 0 Å². The zero-order chi connectivity index (χ0) is 6.95. The van der Waals surface area contributed by atoms with Crippen LogP contribution < -0.4 is 51.4 Å². The van der Waals surface area contributed by atoms with E-state index in [9.17, 15) is 0 Å². The van der Waals surface area contributed by atoms with Gasteiger partial charge in [0.2, 0.25) is 0 Å². The van der Waals surface area contributed by atoms with Crippen molar-refractivity contribution >= 4 is 0 Å². The van der Waals surface area contributed by atoms with E-state index in [0.29, 0.717) is 0 Å². The Morgan fingerprint density at radius 1 is 1.30 bits per heavy atom. The zero-order valence-corrected chi connectivity index (χ0v) is 10.5. The Bertz CT molecular complexity index is 34.9. The van der Waals surface area contributed by atoms with Gasteiger partial charge in [-0.05, 0) is 12.8 Å². The van der Waals surface area contributed by atoms with E-state index in [4.69, 9.17) is 4.74 Å². The summed E-state index contributed by atoms with van der Waals surface area (Å²) in [6.45, 7) is 7.72. The van der Waals surface area contributed by atoms with Crippen molar-refractivity contribution in [3.05, 3.63) is 6.92 Å². The van der Waals surface area contributed by atoms with E-state index >= 15 is 0 Å². The number of unbranched alkanes of at least 4 members (excludes halogenated alkanes) is 1. The molecule has 56 valence electrons. The first-order valence-electron chi connectivity index (χ1n) is 3.78. The van der Waals surface area contributed by atoms with Crippen LogP contribution in [0.1, 0.15) is 32.6 Å². The molecule has 1 saturated heterocycles. The van der Waals surface area contributed by atoms with Crippen molar-refractivity contribution in [2.24, 2.45) is 0 Å². The van der Waals surface area contributed by atoms with Crippen molar-refractivity contribution in [3.63, 3.8) is 0 Å². The second-order valence-corrected chi connectivity index (χ2v) is 2.17. The standard InChI is InChI=1S/C4H8O.C4H9.K/c1-2-4-5-3-1;1-3-4-2;/h1-4H2;1,3-4H2,2H3;/q;-1;+1. The van der Waals surface area contributed by atoms with Crippen molar-refractivity contribution in [2.45, 2.75) is 32.6 Å². The second-order valence-electron chi connectivity index (χ2n) is 2.17. The van der Waals surface area contributed by atoms with Crippen LogP contribution in [0.15, 0.2) is 0 Å². The molecule has 0 aromatic carbocycles. The summed E-state index contributed by atoms with van der Waals surface area (Å²) in [7, 11) is 0. The van der Waals surface area contributed by atoms with E-state index in [0.717, 1.165) is 19.6 Å². The molecule has 1 aliphatic heterocycles. The molecule has 0 unspecified atom stereocenters. The van der Waals surface area contributed by atoms with Gasteiger partial charge in [0.1, 0.15) is 0 Å². The van der Waals surface area contributed by atoms with Gasteiger partial charge >= 0.3 is 51.4 Å². The molecule has 2 heteroatoms. The van der Waals surface area contributed by atoms with E-state index < -0.39 is 0 Å². The summed E-state index contributed by atoms with van der Waals surface area (Å²) in [4.78, 5) is 0. The summed E-state index contributed by atoms with van der Waals surface area (Å²) >= 11 is 0. The molecule has 1 heterocycles. The van der Waals surface area contributed by atoms with Gasteiger partial charge in [0.05, 0.1) is 0 Å². The summed E-state index contributed by atoms with van der Waals surface area (Å²) in [6.07, 6.45) is 4.83. The molecule has 0 aromatic heterocycles. The van der Waals surface area contributed by atoms with Crippen LogP contribution in [-0.4, -0.2) is 13.2 Å². The number of ether oxygens (including phenoxy) is 1. The summed E-state index contributed by atoms with van der Waals surface area (Å²) in [5.41, 5.74) is 0. The molecule has 0 aliphatic carbocycles. The van der Waals surface area contributed by atoms with Gasteiger partial charge in [-0.2, -0.15) is 6.42 Å². The third-order valence-corrected chi connectivity index (χ3v) is 1.18. The average molecular weight is 168 g/mol. The Morgan fingerprint density at radius 2 is 1.70 bits per heavy atom. The summed E-state index contributed by atoms with van der Waals surface area (Å²) in [6, 6.07) is 0. The van der Waals surface area contributed by atoms with Crippen LogP contribution in [0.2, 0.25) is 0 Å². The molecule has 10 heavy (non-hydrogen) atoms. The Kier molecular flexibility index (Phi) is 18.7. The first-order valence-corrected chi connectivity index (χ1v) is 3.78. The van der Waals surface area contributed by atoms with E-state index in [2.05, 4.69) is 13.8 Å². The minimum absolute atomic E-state index is 0. The van der Waals surface area contributed by atoms with Crippen molar-refractivity contribution in [1.29, 1.82) is 0 Å². The smallest absolute Gasteiger partial charge is 0.381 e. The molecule has 1 nitrogen and oxygen atoms in total. The quantitative estimate of drug-likeness (QED) is 0.376. The maximum absolute atomic E-state index is 4.94. The summed E-state index contributed by atoms with van der Waals surface area (Å²) < 4.78 is 4.94. The molecule has 0 atom stereocenters. The molecule has 0 saturated carbocycles. The topological polar surface area (TPSA) is 9.23 Å². The molecule has 0 bridgehead atoms. The fourth-order valence-corrected chi connectivity index (χ4v) is 0.510. The molecule has 1 aliphatic rings. The van der Waals surface area contributed by atoms with E-state index in [-0.39, 0.29) is 51.4 Å². The monoisotopic (exact) mass is 168 g/mol. The molecule has 0 spiro atoms. The number of hydrogen-bond acceptors (Lipinski definition) is 1. The van der Waals surface area contributed by atoms with Gasteiger partial charge in [-0.1, -0.05) is 13.3 Å². The second kappa shape index (κ2) is 13.2. The maximum Gasteiger partial charge on any atom is 1.00 e. The fraction of sp³-hybridized carbons (Fsp3) is 0.875. The summed E-state index contributed by atoms with van der Waals surface area (Å²) in [5, 5.41) is 0. The molecule has 0 N–H and O–H groups in total. The van der Waals surface area contributed by atoms with Crippen molar-refractivity contribution < 1.29 is 56.1 Å². The third-order valence-electron chi connectivity index (χ3n) is 1.18. The molecule has 0 aromatic rings. The Balaban J connectivity index is 0. The van der Waals surface area contributed by atoms with E-state index in [1.54, 1.807) is 0 Å². The van der Waals surface area contributed by atoms with E-state index in [1.165, 1.54) is 19.3 Å². The van der Waals surface area contributed by atoms with Gasteiger partial charge in [-0.15, -0.1) is 0 Å². The fourth-order valence-electron chi connectivity index (χ4n) is 0.510. The Labute approximate surface area is 107 Å². The van der Waals surface area contributed by atoms with Gasteiger partial charge in [-0.3, -0.25) is 0 Å². The molecule has 1 rings (SSSR count). The predicted octanol–water partition coefficient (Wildman–Crippen LogP) is -0.579. The Morgan fingerprint density at radius 3 is 1.80 bits per heavy atom. The van der Waals surface area contributed by atoms with Crippen LogP contribution in [0.4, 0.5) is 0 Å². The van der Waals surface area contributed by atoms with Crippen LogP contribution >= 0.6 is 0 Å². The van der Waals surface area contributed by atoms with Gasteiger partial charge in [0.15, 0.2) is 0 Å². The number of hydrogen-bond donors (Lipinski definition) is 0.